The van der Waals surface area contributed by atoms with E-state index in [0.717, 1.165) is 16.5 Å². The topological polar surface area (TPSA) is 103 Å². The van der Waals surface area contributed by atoms with Gasteiger partial charge in [0, 0.05) is 36.4 Å². The fourth-order valence-corrected chi connectivity index (χ4v) is 3.35. The minimum atomic E-state index is -0.381. The van der Waals surface area contributed by atoms with Crippen LogP contribution in [0.4, 0.5) is 5.95 Å². The Morgan fingerprint density at radius 3 is 2.86 bits per heavy atom. The molecule has 1 N–H and O–H groups in total. The second kappa shape index (κ2) is 6.48. The zero-order valence-corrected chi connectivity index (χ0v) is 15.7. The lowest BCUT2D eigenvalue weighted by atomic mass is 10.1. The van der Waals surface area contributed by atoms with Crippen LogP contribution in [0.5, 0.6) is 0 Å². The predicted molar refractivity (Wildman–Crippen MR) is 108 cm³/mol. The van der Waals surface area contributed by atoms with Crippen molar-refractivity contribution >= 4 is 33.8 Å². The van der Waals surface area contributed by atoms with Crippen LogP contribution in [0.25, 0.3) is 27.6 Å². The largest absolute Gasteiger partial charge is 0.298 e. The van der Waals surface area contributed by atoms with Crippen LogP contribution in [-0.2, 0) is 7.05 Å². The van der Waals surface area contributed by atoms with E-state index in [2.05, 4.69) is 30.6 Å². The molecule has 0 saturated carbocycles. The second-order valence-electron chi connectivity index (χ2n) is 6.60. The Hall–Kier alpha value is -4.14. The molecule has 0 aliphatic rings. The molecule has 9 nitrogen and oxygen atoms in total. The molecular weight excluding hydrogens is 368 g/mol. The molecule has 0 aliphatic heterocycles. The van der Waals surface area contributed by atoms with E-state index >= 15 is 0 Å². The normalized spacial score (nSPS) is 11.2. The number of benzene rings is 1. The van der Waals surface area contributed by atoms with Gasteiger partial charge in [-0.25, -0.2) is 14.6 Å². The number of hydrogen-bond donors (Lipinski definition) is 1. The maximum absolute atomic E-state index is 12.9. The molecule has 0 fully saturated rings. The maximum Gasteiger partial charge on any atom is 0.280 e. The van der Waals surface area contributed by atoms with E-state index in [4.69, 9.17) is 0 Å². The summed E-state index contributed by atoms with van der Waals surface area (Å²) in [5.74, 6) is 0.0166. The lowest BCUT2D eigenvalue weighted by Crippen LogP contribution is -2.17. The van der Waals surface area contributed by atoms with Gasteiger partial charge < -0.3 is 0 Å². The molecule has 1 amide bonds. The zero-order valence-electron chi connectivity index (χ0n) is 15.7. The van der Waals surface area contributed by atoms with E-state index < -0.39 is 0 Å². The molecule has 0 unspecified atom stereocenters. The average molecular weight is 384 g/mol. The first kappa shape index (κ1) is 17.0. The molecule has 1 aromatic carbocycles. The summed E-state index contributed by atoms with van der Waals surface area (Å²) >= 11 is 0. The van der Waals surface area contributed by atoms with Crippen molar-refractivity contribution in [2.75, 3.05) is 5.32 Å². The summed E-state index contributed by atoms with van der Waals surface area (Å²) in [6.45, 7) is 1.81. The van der Waals surface area contributed by atoms with Gasteiger partial charge in [0.1, 0.15) is 5.52 Å². The molecule has 5 aromatic rings. The van der Waals surface area contributed by atoms with Crippen LogP contribution in [0.3, 0.4) is 0 Å². The third-order valence-corrected chi connectivity index (χ3v) is 4.85. The fourth-order valence-electron chi connectivity index (χ4n) is 3.35. The van der Waals surface area contributed by atoms with E-state index in [1.54, 1.807) is 41.0 Å². The molecule has 4 heterocycles. The average Bonchev–Trinajstić information content (AvgIpc) is 3.28. The molecular formula is C20H16N8O. The number of aromatic nitrogens is 7. The molecule has 0 radical (unpaired) electrons. The summed E-state index contributed by atoms with van der Waals surface area (Å²) in [7, 11) is 1.80. The Morgan fingerprint density at radius 2 is 2.00 bits per heavy atom. The molecule has 0 saturated heterocycles. The molecule has 142 valence electrons. The van der Waals surface area contributed by atoms with Crippen molar-refractivity contribution in [3.63, 3.8) is 0 Å². The number of nitrogens with zero attached hydrogens (tertiary/aromatic N) is 7. The van der Waals surface area contributed by atoms with Gasteiger partial charge in [0.25, 0.3) is 5.91 Å². The quantitative estimate of drug-likeness (QED) is 0.513. The van der Waals surface area contributed by atoms with Crippen molar-refractivity contribution in [2.45, 2.75) is 6.92 Å². The van der Waals surface area contributed by atoms with E-state index in [-0.39, 0.29) is 11.6 Å². The molecule has 0 atom stereocenters. The van der Waals surface area contributed by atoms with Crippen LogP contribution < -0.4 is 5.32 Å². The summed E-state index contributed by atoms with van der Waals surface area (Å²) in [5, 5.41) is 13.1. The third kappa shape index (κ3) is 2.71. The van der Waals surface area contributed by atoms with Gasteiger partial charge in [0.15, 0.2) is 11.3 Å². The number of nitrogens with one attached hydrogen (secondary N) is 1. The van der Waals surface area contributed by atoms with Gasteiger partial charge >= 0.3 is 0 Å². The van der Waals surface area contributed by atoms with E-state index in [1.165, 1.54) is 0 Å². The van der Waals surface area contributed by atoms with E-state index in [9.17, 15) is 4.79 Å². The molecule has 9 heteroatoms. The highest BCUT2D eigenvalue weighted by Crippen LogP contribution is 2.23. The van der Waals surface area contributed by atoms with Gasteiger partial charge in [0.2, 0.25) is 5.95 Å². The monoisotopic (exact) mass is 384 g/mol. The summed E-state index contributed by atoms with van der Waals surface area (Å²) in [5.41, 5.74) is 3.09. The van der Waals surface area contributed by atoms with Crippen LogP contribution in [-0.4, -0.2) is 40.4 Å². The Balaban J connectivity index is 1.52. The number of anilines is 1. The Kier molecular flexibility index (Phi) is 3.80. The van der Waals surface area contributed by atoms with E-state index in [0.29, 0.717) is 22.8 Å². The summed E-state index contributed by atoms with van der Waals surface area (Å²) < 4.78 is 3.39. The molecule has 0 spiro atoms. The lowest BCUT2D eigenvalue weighted by Gasteiger charge is -2.08. The zero-order chi connectivity index (χ0) is 20.0. The van der Waals surface area contributed by atoms with Gasteiger partial charge in [-0.3, -0.25) is 19.7 Å². The highest BCUT2D eigenvalue weighted by molar-refractivity contribution is 6.03. The smallest absolute Gasteiger partial charge is 0.280 e. The number of amides is 1. The third-order valence-electron chi connectivity index (χ3n) is 4.85. The van der Waals surface area contributed by atoms with Gasteiger partial charge in [-0.15, -0.1) is 5.10 Å². The number of carbonyl (C=O) groups is 1. The summed E-state index contributed by atoms with van der Waals surface area (Å²) in [4.78, 5) is 25.7. The summed E-state index contributed by atoms with van der Waals surface area (Å²) in [6, 6.07) is 11.4. The van der Waals surface area contributed by atoms with Gasteiger partial charge in [-0.1, -0.05) is 17.3 Å². The highest BCUT2D eigenvalue weighted by atomic mass is 16.2. The first-order chi connectivity index (χ1) is 14.1. The van der Waals surface area contributed by atoms with Crippen LogP contribution >= 0.6 is 0 Å². The Labute approximate surface area is 165 Å². The van der Waals surface area contributed by atoms with Crippen LogP contribution in [0.1, 0.15) is 16.2 Å². The minimum Gasteiger partial charge on any atom is -0.298 e. The molecule has 0 bridgehead atoms. The number of rotatable bonds is 3. The van der Waals surface area contributed by atoms with Crippen molar-refractivity contribution in [2.24, 2.45) is 7.05 Å². The fraction of sp³-hybridized carbons (Fsp3) is 0.100. The first-order valence-electron chi connectivity index (χ1n) is 8.97. The van der Waals surface area contributed by atoms with Crippen molar-refractivity contribution < 1.29 is 4.79 Å². The van der Waals surface area contributed by atoms with Crippen molar-refractivity contribution in [1.29, 1.82) is 0 Å². The number of imidazole rings is 1. The number of fused-ring (bicyclic) bond motifs is 2. The van der Waals surface area contributed by atoms with Gasteiger partial charge in [-0.05, 0) is 31.2 Å². The highest BCUT2D eigenvalue weighted by Gasteiger charge is 2.20. The van der Waals surface area contributed by atoms with Gasteiger partial charge in [0.05, 0.1) is 11.4 Å². The lowest BCUT2D eigenvalue weighted by molar-refractivity contribution is 0.102. The Bertz CT molecular complexity index is 1380. The summed E-state index contributed by atoms with van der Waals surface area (Å²) in [6.07, 6.45) is 5.20. The van der Waals surface area contributed by atoms with Crippen molar-refractivity contribution in [1.82, 2.24) is 34.5 Å². The molecule has 4 aromatic heterocycles. The molecule has 5 rings (SSSR count). The van der Waals surface area contributed by atoms with Crippen molar-refractivity contribution in [3.05, 3.63) is 66.4 Å². The van der Waals surface area contributed by atoms with Crippen LogP contribution in [0.15, 0.2) is 55.0 Å². The van der Waals surface area contributed by atoms with Gasteiger partial charge in [-0.2, -0.15) is 0 Å². The second-order valence-corrected chi connectivity index (χ2v) is 6.60. The number of carbonyl (C=O) groups excluding carboxylic acids is 1. The van der Waals surface area contributed by atoms with Crippen molar-refractivity contribution in [3.8, 4) is 5.69 Å². The number of hydrogen-bond acceptors (Lipinski definition) is 6. The number of aryl methyl sites for hydroxylation is 1. The maximum atomic E-state index is 12.9. The first-order valence-corrected chi connectivity index (χ1v) is 8.97. The van der Waals surface area contributed by atoms with Crippen LogP contribution in [0, 0.1) is 6.92 Å². The SMILES string of the molecule is Cc1c(C(=O)Nc2nc3cccnc3n2C)nnn1-c1cccc2cnccc12. The van der Waals surface area contributed by atoms with Crippen LogP contribution in [0.2, 0.25) is 0 Å². The number of pyridine rings is 2. The molecule has 29 heavy (non-hydrogen) atoms. The predicted octanol–water partition coefficient (Wildman–Crippen LogP) is 2.66. The standard InChI is InChI=1S/C20H16N8O/c1-12-17(19(29)24-20-23-15-6-4-9-22-18(15)27(20)2)25-26-28(12)16-7-3-5-13-11-21-10-8-14(13)16/h3-11H,1-2H3,(H,23,24,29). The van der Waals surface area contributed by atoms with E-state index in [1.807, 2.05) is 37.3 Å². The minimum absolute atomic E-state index is 0.232. The molecule has 0 aliphatic carbocycles. The Morgan fingerprint density at radius 1 is 1.10 bits per heavy atom.